The van der Waals surface area contributed by atoms with Gasteiger partial charge in [-0.2, -0.15) is 0 Å². The summed E-state index contributed by atoms with van der Waals surface area (Å²) in [6, 6.07) is 10.0. The van der Waals surface area contributed by atoms with Crippen molar-refractivity contribution in [1.82, 2.24) is 0 Å². The summed E-state index contributed by atoms with van der Waals surface area (Å²) in [4.78, 5) is 0. The van der Waals surface area contributed by atoms with Crippen LogP contribution < -0.4 is 0 Å². The van der Waals surface area contributed by atoms with Crippen molar-refractivity contribution in [2.24, 2.45) is 0 Å². The van der Waals surface area contributed by atoms with E-state index in [2.05, 4.69) is 0 Å². The van der Waals surface area contributed by atoms with Gasteiger partial charge >= 0.3 is 0 Å². The Morgan fingerprint density at radius 3 is 2.67 bits per heavy atom. The van der Waals surface area contributed by atoms with E-state index in [1.807, 2.05) is 37.3 Å². The van der Waals surface area contributed by atoms with Gasteiger partial charge in [0.2, 0.25) is 0 Å². The molecule has 1 fully saturated rings. The van der Waals surface area contributed by atoms with Gasteiger partial charge in [0.15, 0.2) is 6.29 Å². The van der Waals surface area contributed by atoms with Crippen LogP contribution in [0.2, 0.25) is 0 Å². The third-order valence-electron chi connectivity index (χ3n) is 2.37. The van der Waals surface area contributed by atoms with E-state index in [-0.39, 0.29) is 12.4 Å². The second kappa shape index (κ2) is 5.26. The Bertz CT molecular complexity index is 284. The summed E-state index contributed by atoms with van der Waals surface area (Å²) in [7, 11) is 0. The first-order valence-electron chi connectivity index (χ1n) is 5.31. The fourth-order valence-electron chi connectivity index (χ4n) is 1.70. The molecule has 0 saturated carbocycles. The van der Waals surface area contributed by atoms with Gasteiger partial charge in [0.05, 0.1) is 13.2 Å². The monoisotopic (exact) mass is 208 g/mol. The molecule has 0 amide bonds. The van der Waals surface area contributed by atoms with E-state index < -0.39 is 0 Å². The molecule has 0 aromatic heterocycles. The molecule has 0 aliphatic carbocycles. The lowest BCUT2D eigenvalue weighted by Gasteiger charge is -2.31. The molecule has 1 aliphatic heterocycles. The van der Waals surface area contributed by atoms with E-state index in [0.717, 1.165) is 5.56 Å². The molecule has 0 N–H and O–H groups in total. The van der Waals surface area contributed by atoms with Crippen LogP contribution in [0.4, 0.5) is 0 Å². The number of benzene rings is 1. The highest BCUT2D eigenvalue weighted by Crippen LogP contribution is 2.26. The molecule has 1 aromatic rings. The Morgan fingerprint density at radius 1 is 1.20 bits per heavy atom. The molecule has 2 rings (SSSR count). The van der Waals surface area contributed by atoms with Crippen LogP contribution in [0.1, 0.15) is 18.6 Å². The predicted molar refractivity (Wildman–Crippen MR) is 56.5 cm³/mol. The van der Waals surface area contributed by atoms with Crippen molar-refractivity contribution in [3.05, 3.63) is 35.9 Å². The average Bonchev–Trinajstić information content (AvgIpc) is 2.31. The van der Waals surface area contributed by atoms with Crippen molar-refractivity contribution in [3.8, 4) is 0 Å². The van der Waals surface area contributed by atoms with Crippen LogP contribution in [-0.4, -0.2) is 26.1 Å². The van der Waals surface area contributed by atoms with Crippen molar-refractivity contribution < 1.29 is 14.2 Å². The number of ether oxygens (including phenoxy) is 3. The molecule has 1 saturated heterocycles. The standard InChI is InChI=1S/C12H16O3/c1-2-13-12-11(14-8-9-15-12)10-6-4-3-5-7-10/h3-7,11-12H,2,8-9H2,1H3. The molecule has 3 heteroatoms. The zero-order valence-electron chi connectivity index (χ0n) is 8.89. The Kier molecular flexibility index (Phi) is 3.72. The second-order valence-corrected chi connectivity index (χ2v) is 3.40. The molecule has 3 nitrogen and oxygen atoms in total. The van der Waals surface area contributed by atoms with Gasteiger partial charge in [-0.1, -0.05) is 30.3 Å². The van der Waals surface area contributed by atoms with Gasteiger partial charge in [0.25, 0.3) is 0 Å². The van der Waals surface area contributed by atoms with Gasteiger partial charge in [0.1, 0.15) is 6.10 Å². The average molecular weight is 208 g/mol. The summed E-state index contributed by atoms with van der Waals surface area (Å²) < 4.78 is 16.7. The molecule has 1 aliphatic rings. The quantitative estimate of drug-likeness (QED) is 0.761. The largest absolute Gasteiger partial charge is 0.366 e. The Balaban J connectivity index is 2.11. The summed E-state index contributed by atoms with van der Waals surface area (Å²) in [5, 5.41) is 0. The fourth-order valence-corrected chi connectivity index (χ4v) is 1.70. The molecule has 0 spiro atoms. The first-order chi connectivity index (χ1) is 7.42. The van der Waals surface area contributed by atoms with E-state index >= 15 is 0 Å². The minimum absolute atomic E-state index is 0.0973. The van der Waals surface area contributed by atoms with Crippen molar-refractivity contribution in [2.45, 2.75) is 19.3 Å². The lowest BCUT2D eigenvalue weighted by molar-refractivity contribution is -0.249. The second-order valence-electron chi connectivity index (χ2n) is 3.40. The molecule has 2 atom stereocenters. The van der Waals surface area contributed by atoms with E-state index in [1.165, 1.54) is 0 Å². The molecular weight excluding hydrogens is 192 g/mol. The van der Waals surface area contributed by atoms with Gasteiger partial charge in [0, 0.05) is 6.61 Å². The van der Waals surface area contributed by atoms with Crippen LogP contribution >= 0.6 is 0 Å². The highest BCUT2D eigenvalue weighted by molar-refractivity contribution is 5.18. The first-order valence-corrected chi connectivity index (χ1v) is 5.31. The zero-order chi connectivity index (χ0) is 10.5. The van der Waals surface area contributed by atoms with E-state index in [1.54, 1.807) is 0 Å². The van der Waals surface area contributed by atoms with Crippen molar-refractivity contribution in [3.63, 3.8) is 0 Å². The van der Waals surface area contributed by atoms with Crippen LogP contribution in [-0.2, 0) is 14.2 Å². The Hall–Kier alpha value is -0.900. The molecule has 82 valence electrons. The maximum absolute atomic E-state index is 5.68. The van der Waals surface area contributed by atoms with Gasteiger partial charge in [-0.3, -0.25) is 0 Å². The first kappa shape index (κ1) is 10.6. The van der Waals surface area contributed by atoms with E-state index in [0.29, 0.717) is 19.8 Å². The highest BCUT2D eigenvalue weighted by atomic mass is 16.7. The smallest absolute Gasteiger partial charge is 0.188 e. The summed E-state index contributed by atoms with van der Waals surface area (Å²) in [5.41, 5.74) is 1.11. The molecular formula is C12H16O3. The van der Waals surface area contributed by atoms with Crippen LogP contribution in [0.25, 0.3) is 0 Å². The Labute approximate surface area is 90.0 Å². The maximum Gasteiger partial charge on any atom is 0.188 e. The minimum atomic E-state index is -0.272. The maximum atomic E-state index is 5.68. The SMILES string of the molecule is CCOC1OCCOC1c1ccccc1. The summed E-state index contributed by atoms with van der Waals surface area (Å²) in [5.74, 6) is 0. The molecule has 2 unspecified atom stereocenters. The van der Waals surface area contributed by atoms with E-state index in [9.17, 15) is 0 Å². The molecule has 1 heterocycles. The van der Waals surface area contributed by atoms with Crippen molar-refractivity contribution in [1.29, 1.82) is 0 Å². The lowest BCUT2D eigenvalue weighted by atomic mass is 10.1. The predicted octanol–water partition coefficient (Wildman–Crippen LogP) is 2.14. The van der Waals surface area contributed by atoms with Gasteiger partial charge in [-0.25, -0.2) is 0 Å². The van der Waals surface area contributed by atoms with Crippen LogP contribution in [0.5, 0.6) is 0 Å². The molecule has 1 aromatic carbocycles. The van der Waals surface area contributed by atoms with Crippen molar-refractivity contribution >= 4 is 0 Å². The highest BCUT2D eigenvalue weighted by Gasteiger charge is 2.28. The number of hydrogen-bond acceptors (Lipinski definition) is 3. The van der Waals surface area contributed by atoms with Gasteiger partial charge in [-0.15, -0.1) is 0 Å². The fraction of sp³-hybridized carbons (Fsp3) is 0.500. The third-order valence-corrected chi connectivity index (χ3v) is 2.37. The zero-order valence-corrected chi connectivity index (χ0v) is 8.89. The normalized spacial score (nSPS) is 26.5. The lowest BCUT2D eigenvalue weighted by Crippen LogP contribution is -2.34. The van der Waals surface area contributed by atoms with Gasteiger partial charge in [-0.05, 0) is 12.5 Å². The number of hydrogen-bond donors (Lipinski definition) is 0. The van der Waals surface area contributed by atoms with E-state index in [4.69, 9.17) is 14.2 Å². The summed E-state index contributed by atoms with van der Waals surface area (Å²) in [6.07, 6.45) is -0.369. The van der Waals surface area contributed by atoms with Crippen LogP contribution in [0, 0.1) is 0 Å². The summed E-state index contributed by atoms with van der Waals surface area (Å²) >= 11 is 0. The van der Waals surface area contributed by atoms with Gasteiger partial charge < -0.3 is 14.2 Å². The summed E-state index contributed by atoms with van der Waals surface area (Å²) in [6.45, 7) is 3.83. The Morgan fingerprint density at radius 2 is 1.93 bits per heavy atom. The molecule has 0 bridgehead atoms. The van der Waals surface area contributed by atoms with Crippen LogP contribution in [0.3, 0.4) is 0 Å². The third kappa shape index (κ3) is 2.56. The topological polar surface area (TPSA) is 27.7 Å². The van der Waals surface area contributed by atoms with Crippen LogP contribution in [0.15, 0.2) is 30.3 Å². The molecule has 15 heavy (non-hydrogen) atoms. The molecule has 0 radical (unpaired) electrons. The minimum Gasteiger partial charge on any atom is -0.366 e. The van der Waals surface area contributed by atoms with Crippen molar-refractivity contribution in [2.75, 3.05) is 19.8 Å². The number of rotatable bonds is 3.